The molecule has 0 aliphatic rings. The first-order valence-corrected chi connectivity index (χ1v) is 8.48. The Morgan fingerprint density at radius 2 is 1.92 bits per heavy atom. The van der Waals surface area contributed by atoms with Gasteiger partial charge in [0, 0.05) is 39.9 Å². The molecule has 1 N–H and O–H groups in total. The van der Waals surface area contributed by atoms with E-state index in [1.165, 1.54) is 9.75 Å². The first kappa shape index (κ1) is 16.3. The zero-order valence-electron chi connectivity index (χ0n) is 14.0. The van der Waals surface area contributed by atoms with E-state index >= 15 is 0 Å². The van der Waals surface area contributed by atoms with E-state index in [1.54, 1.807) is 31.8 Å². The maximum Gasteiger partial charge on any atom is 0.161 e. The van der Waals surface area contributed by atoms with Gasteiger partial charge in [0.1, 0.15) is 0 Å². The maximum atomic E-state index is 5.36. The molecule has 0 amide bonds. The lowest BCUT2D eigenvalue weighted by Gasteiger charge is -2.10. The van der Waals surface area contributed by atoms with Crippen LogP contribution in [-0.4, -0.2) is 19.2 Å². The van der Waals surface area contributed by atoms with Crippen molar-refractivity contribution >= 4 is 17.0 Å². The average Bonchev–Trinajstić information content (AvgIpc) is 3.01. The van der Waals surface area contributed by atoms with E-state index in [0.717, 1.165) is 34.9 Å². The van der Waals surface area contributed by atoms with Gasteiger partial charge in [0.05, 0.1) is 14.2 Å². The van der Waals surface area contributed by atoms with Crippen LogP contribution in [-0.2, 0) is 6.54 Å². The van der Waals surface area contributed by atoms with Crippen LogP contribution >= 0.6 is 11.3 Å². The third kappa shape index (κ3) is 3.51. The van der Waals surface area contributed by atoms with Crippen molar-refractivity contribution < 1.29 is 9.47 Å². The highest BCUT2D eigenvalue weighted by atomic mass is 32.1. The Morgan fingerprint density at radius 1 is 1.08 bits per heavy atom. The van der Waals surface area contributed by atoms with Crippen LogP contribution in [0.3, 0.4) is 0 Å². The lowest BCUT2D eigenvalue weighted by atomic mass is 10.2. The van der Waals surface area contributed by atoms with E-state index in [1.807, 2.05) is 30.5 Å². The fraction of sp³-hybridized carbons (Fsp3) is 0.211. The number of hydrogen-bond donors (Lipinski definition) is 1. The van der Waals surface area contributed by atoms with Crippen LogP contribution in [0.25, 0.3) is 10.4 Å². The van der Waals surface area contributed by atoms with Gasteiger partial charge >= 0.3 is 0 Å². The third-order valence-electron chi connectivity index (χ3n) is 3.79. The number of aromatic nitrogens is 1. The highest BCUT2D eigenvalue weighted by Crippen LogP contribution is 2.34. The van der Waals surface area contributed by atoms with Crippen molar-refractivity contribution in [3.8, 4) is 21.9 Å². The van der Waals surface area contributed by atoms with Gasteiger partial charge in [-0.1, -0.05) is 12.1 Å². The van der Waals surface area contributed by atoms with Gasteiger partial charge in [0.15, 0.2) is 11.5 Å². The SMILES string of the molecule is COc1ccc(CNc2cc(-c3cccnc3)sc2C)cc1OC. The minimum Gasteiger partial charge on any atom is -0.493 e. The standard InChI is InChI=1S/C19H20N2O2S/c1-13-16(10-19(24-13)15-5-4-8-20-12-15)21-11-14-6-7-17(22-2)18(9-14)23-3/h4-10,12,21H,11H2,1-3H3. The van der Waals surface area contributed by atoms with Crippen LogP contribution < -0.4 is 14.8 Å². The molecular weight excluding hydrogens is 320 g/mol. The Bertz CT molecular complexity index is 815. The summed E-state index contributed by atoms with van der Waals surface area (Å²) in [5.74, 6) is 1.49. The lowest BCUT2D eigenvalue weighted by Crippen LogP contribution is -2.00. The predicted molar refractivity (Wildman–Crippen MR) is 99.2 cm³/mol. The van der Waals surface area contributed by atoms with E-state index in [4.69, 9.17) is 9.47 Å². The number of anilines is 1. The number of nitrogens with zero attached hydrogens (tertiary/aromatic N) is 1. The second kappa shape index (κ2) is 7.36. The molecule has 0 saturated carbocycles. The number of benzene rings is 1. The number of methoxy groups -OCH3 is 2. The highest BCUT2D eigenvalue weighted by molar-refractivity contribution is 7.16. The van der Waals surface area contributed by atoms with Gasteiger partial charge in [-0.25, -0.2) is 0 Å². The highest BCUT2D eigenvalue weighted by Gasteiger charge is 2.09. The molecule has 24 heavy (non-hydrogen) atoms. The molecule has 2 aromatic heterocycles. The molecule has 0 spiro atoms. The molecule has 0 aliphatic carbocycles. The van der Waals surface area contributed by atoms with Crippen LogP contribution in [0.1, 0.15) is 10.4 Å². The second-order valence-electron chi connectivity index (χ2n) is 5.37. The van der Waals surface area contributed by atoms with Gasteiger partial charge in [-0.05, 0) is 36.8 Å². The number of rotatable bonds is 6. The van der Waals surface area contributed by atoms with Crippen molar-refractivity contribution in [2.75, 3.05) is 19.5 Å². The van der Waals surface area contributed by atoms with Gasteiger partial charge in [0.2, 0.25) is 0 Å². The van der Waals surface area contributed by atoms with Gasteiger partial charge in [0.25, 0.3) is 0 Å². The van der Waals surface area contributed by atoms with Gasteiger partial charge < -0.3 is 14.8 Å². The number of hydrogen-bond acceptors (Lipinski definition) is 5. The Hall–Kier alpha value is -2.53. The molecule has 124 valence electrons. The van der Waals surface area contributed by atoms with Crippen molar-refractivity contribution in [3.63, 3.8) is 0 Å². The van der Waals surface area contributed by atoms with Crippen molar-refractivity contribution in [1.82, 2.24) is 4.98 Å². The minimum atomic E-state index is 0.727. The van der Waals surface area contributed by atoms with Crippen molar-refractivity contribution in [2.24, 2.45) is 0 Å². The van der Waals surface area contributed by atoms with Crippen molar-refractivity contribution in [2.45, 2.75) is 13.5 Å². The number of thiophene rings is 1. The third-order valence-corrected chi connectivity index (χ3v) is 4.89. The number of nitrogens with one attached hydrogen (secondary N) is 1. The normalized spacial score (nSPS) is 10.5. The molecule has 3 rings (SSSR count). The number of ether oxygens (including phenoxy) is 2. The van der Waals surface area contributed by atoms with E-state index in [-0.39, 0.29) is 0 Å². The molecule has 0 aliphatic heterocycles. The zero-order chi connectivity index (χ0) is 16.9. The Morgan fingerprint density at radius 3 is 2.62 bits per heavy atom. The Balaban J connectivity index is 1.74. The van der Waals surface area contributed by atoms with Crippen LogP contribution in [0.15, 0.2) is 48.8 Å². The van der Waals surface area contributed by atoms with Crippen LogP contribution in [0.4, 0.5) is 5.69 Å². The zero-order valence-corrected chi connectivity index (χ0v) is 14.8. The first-order valence-electron chi connectivity index (χ1n) is 7.67. The summed E-state index contributed by atoms with van der Waals surface area (Å²) in [5, 5.41) is 3.50. The summed E-state index contributed by atoms with van der Waals surface area (Å²) in [4.78, 5) is 6.67. The molecule has 4 nitrogen and oxygen atoms in total. The van der Waals surface area contributed by atoms with Gasteiger partial charge in [-0.2, -0.15) is 0 Å². The summed E-state index contributed by atoms with van der Waals surface area (Å²) in [6, 6.07) is 12.2. The monoisotopic (exact) mass is 340 g/mol. The van der Waals surface area contributed by atoms with E-state index in [9.17, 15) is 0 Å². The van der Waals surface area contributed by atoms with Gasteiger partial charge in [-0.3, -0.25) is 4.98 Å². The van der Waals surface area contributed by atoms with Crippen LogP contribution in [0.2, 0.25) is 0 Å². The van der Waals surface area contributed by atoms with Crippen LogP contribution in [0.5, 0.6) is 11.5 Å². The summed E-state index contributed by atoms with van der Waals surface area (Å²) < 4.78 is 10.6. The van der Waals surface area contributed by atoms with Crippen LogP contribution in [0, 0.1) is 6.92 Å². The van der Waals surface area contributed by atoms with E-state index in [2.05, 4.69) is 29.4 Å². The summed E-state index contributed by atoms with van der Waals surface area (Å²) in [7, 11) is 3.29. The Kier molecular flexibility index (Phi) is 5.01. The molecule has 0 saturated heterocycles. The minimum absolute atomic E-state index is 0.727. The lowest BCUT2D eigenvalue weighted by molar-refractivity contribution is 0.354. The second-order valence-corrected chi connectivity index (χ2v) is 6.62. The maximum absolute atomic E-state index is 5.36. The predicted octanol–water partition coefficient (Wildman–Crippen LogP) is 4.75. The molecular formula is C19H20N2O2S. The summed E-state index contributed by atoms with van der Waals surface area (Å²) >= 11 is 1.77. The topological polar surface area (TPSA) is 43.4 Å². The largest absolute Gasteiger partial charge is 0.493 e. The quantitative estimate of drug-likeness (QED) is 0.703. The number of pyridine rings is 1. The fourth-order valence-electron chi connectivity index (χ4n) is 2.50. The molecule has 1 aromatic carbocycles. The Labute approximate surface area is 146 Å². The average molecular weight is 340 g/mol. The van der Waals surface area contributed by atoms with Crippen molar-refractivity contribution in [1.29, 1.82) is 0 Å². The molecule has 0 unspecified atom stereocenters. The molecule has 0 bridgehead atoms. The molecule has 5 heteroatoms. The first-order chi connectivity index (χ1) is 11.7. The van der Waals surface area contributed by atoms with Gasteiger partial charge in [-0.15, -0.1) is 11.3 Å². The summed E-state index contributed by atoms with van der Waals surface area (Å²) in [6.45, 7) is 2.85. The molecule has 0 fully saturated rings. The summed E-state index contributed by atoms with van der Waals surface area (Å²) in [6.07, 6.45) is 3.68. The molecule has 3 aromatic rings. The van der Waals surface area contributed by atoms with E-state index < -0.39 is 0 Å². The molecule has 2 heterocycles. The molecule has 0 radical (unpaired) electrons. The number of aryl methyl sites for hydroxylation is 1. The van der Waals surface area contributed by atoms with E-state index in [0.29, 0.717) is 0 Å². The fourth-order valence-corrected chi connectivity index (χ4v) is 3.48. The van der Waals surface area contributed by atoms with Crippen molar-refractivity contribution in [3.05, 3.63) is 59.2 Å². The summed E-state index contributed by atoms with van der Waals surface area (Å²) in [5.41, 5.74) is 3.43. The smallest absolute Gasteiger partial charge is 0.161 e. The molecule has 0 atom stereocenters.